The van der Waals surface area contributed by atoms with Crippen LogP contribution in [0.25, 0.3) is 0 Å². The number of allylic oxidation sites excluding steroid dienone is 1. The van der Waals surface area contributed by atoms with E-state index in [9.17, 15) is 14.7 Å². The van der Waals surface area contributed by atoms with Crippen molar-refractivity contribution in [3.05, 3.63) is 41.2 Å². The van der Waals surface area contributed by atoms with E-state index in [0.29, 0.717) is 26.1 Å². The normalized spacial score (nSPS) is 34.8. The number of pyridine rings is 1. The van der Waals surface area contributed by atoms with Crippen LogP contribution in [-0.4, -0.2) is 78.3 Å². The van der Waals surface area contributed by atoms with Crippen LogP contribution in [0.15, 0.2) is 30.0 Å². The number of amides is 1. The third-order valence-corrected chi connectivity index (χ3v) is 8.10. The monoisotopic (exact) mass is 508 g/mol. The number of carboxylic acids is 1. The molecule has 190 valence electrons. The van der Waals surface area contributed by atoms with Crippen molar-refractivity contribution in [2.75, 3.05) is 26.8 Å². The van der Waals surface area contributed by atoms with Gasteiger partial charge in [0.2, 0.25) is 0 Å². The van der Waals surface area contributed by atoms with Crippen LogP contribution in [0, 0.1) is 5.92 Å². The molecule has 9 nitrogen and oxygen atoms in total. The fourth-order valence-corrected chi connectivity index (χ4v) is 5.88. The van der Waals surface area contributed by atoms with Crippen molar-refractivity contribution in [1.82, 2.24) is 9.88 Å². The molecule has 0 N–H and O–H groups in total. The van der Waals surface area contributed by atoms with Crippen LogP contribution in [0.4, 0.5) is 4.79 Å². The minimum absolute atomic E-state index is 0. The van der Waals surface area contributed by atoms with Crippen molar-refractivity contribution in [2.45, 2.75) is 75.5 Å². The van der Waals surface area contributed by atoms with Gasteiger partial charge in [-0.2, -0.15) is 0 Å². The minimum Gasteiger partial charge on any atom is -0.543 e. The number of carbonyl (C=O) groups is 2. The van der Waals surface area contributed by atoms with E-state index in [1.807, 2.05) is 0 Å². The first-order valence-corrected chi connectivity index (χ1v) is 12.3. The van der Waals surface area contributed by atoms with Gasteiger partial charge in [-0.1, -0.05) is 17.7 Å². The van der Waals surface area contributed by atoms with Crippen LogP contribution in [0.3, 0.4) is 0 Å². The zero-order chi connectivity index (χ0) is 25.0. The van der Waals surface area contributed by atoms with Crippen LogP contribution in [0.1, 0.15) is 62.0 Å². The predicted octanol–water partition coefficient (Wildman–Crippen LogP) is -0.939. The van der Waals surface area contributed by atoms with Gasteiger partial charge in [-0.15, -0.1) is 0 Å². The first-order valence-electron chi connectivity index (χ1n) is 12.3. The Kier molecular flexibility index (Phi) is 7.91. The van der Waals surface area contributed by atoms with E-state index in [1.165, 1.54) is 17.8 Å². The van der Waals surface area contributed by atoms with Crippen LogP contribution in [0.2, 0.25) is 0 Å². The third-order valence-electron chi connectivity index (χ3n) is 8.10. The van der Waals surface area contributed by atoms with Gasteiger partial charge in [0.1, 0.15) is 23.4 Å². The van der Waals surface area contributed by atoms with Gasteiger partial charge >= 0.3 is 35.7 Å². The second-order valence-electron chi connectivity index (χ2n) is 10.7. The molecule has 3 aliphatic heterocycles. The molecule has 1 aromatic heterocycles. The molecule has 1 aromatic rings. The molecule has 1 aliphatic carbocycles. The Balaban J connectivity index is 0.00000304. The molecule has 0 aromatic carbocycles. The van der Waals surface area contributed by atoms with Crippen molar-refractivity contribution >= 4 is 12.1 Å². The molecule has 10 heteroatoms. The van der Waals surface area contributed by atoms with Crippen molar-refractivity contribution in [2.24, 2.45) is 5.92 Å². The van der Waals surface area contributed by atoms with Crippen LogP contribution in [0.5, 0.6) is 0 Å². The van der Waals surface area contributed by atoms with Gasteiger partial charge in [0, 0.05) is 32.3 Å². The summed E-state index contributed by atoms with van der Waals surface area (Å²) in [5, 5.41) is 10.9. The molecule has 4 fully saturated rings. The molecular weight excluding hydrogens is 475 g/mol. The molecule has 6 atom stereocenters. The molecule has 0 bridgehead atoms. The molecular formula is C26H33N2NaO7. The number of hydrogen-bond acceptors (Lipinski definition) is 8. The van der Waals surface area contributed by atoms with E-state index in [0.717, 1.165) is 18.4 Å². The summed E-state index contributed by atoms with van der Waals surface area (Å²) in [4.78, 5) is 29.4. The number of aromatic carboxylic acids is 1. The zero-order valence-electron chi connectivity index (χ0n) is 21.7. The van der Waals surface area contributed by atoms with Gasteiger partial charge in [-0.05, 0) is 51.7 Å². The summed E-state index contributed by atoms with van der Waals surface area (Å²) >= 11 is 0. The number of epoxide rings is 2. The van der Waals surface area contributed by atoms with Gasteiger partial charge < -0.3 is 33.7 Å². The molecule has 0 unspecified atom stereocenters. The summed E-state index contributed by atoms with van der Waals surface area (Å²) in [6.45, 7) is 7.97. The second kappa shape index (κ2) is 10.3. The maximum absolute atomic E-state index is 12.9. The van der Waals surface area contributed by atoms with Crippen molar-refractivity contribution in [3.63, 3.8) is 0 Å². The van der Waals surface area contributed by atoms with Crippen LogP contribution >= 0.6 is 0 Å². The first-order chi connectivity index (χ1) is 16.7. The Hall–Kier alpha value is -1.49. The van der Waals surface area contributed by atoms with E-state index >= 15 is 0 Å². The number of aromatic nitrogens is 1. The summed E-state index contributed by atoms with van der Waals surface area (Å²) in [5.74, 6) is -1.22. The Bertz CT molecular complexity index is 1020. The van der Waals surface area contributed by atoms with Crippen molar-refractivity contribution in [3.8, 4) is 0 Å². The predicted molar refractivity (Wildman–Crippen MR) is 123 cm³/mol. The summed E-state index contributed by atoms with van der Waals surface area (Å²) in [6.07, 6.45) is 5.12. The zero-order valence-corrected chi connectivity index (χ0v) is 23.7. The van der Waals surface area contributed by atoms with Crippen molar-refractivity contribution < 1.29 is 63.2 Å². The number of hydrogen-bond donors (Lipinski definition) is 0. The minimum atomic E-state index is -1.30. The quantitative estimate of drug-likeness (QED) is 0.263. The van der Waals surface area contributed by atoms with Crippen molar-refractivity contribution in [1.29, 1.82) is 0 Å². The summed E-state index contributed by atoms with van der Waals surface area (Å²) in [7, 11) is 1.67. The topological polar surface area (TPSA) is 117 Å². The number of nitrogens with zero attached hydrogens (tertiary/aromatic N) is 2. The summed E-state index contributed by atoms with van der Waals surface area (Å²) in [6, 6.07) is 3.15. The SMILES string of the molecule is CO[C@@H]1[C@H](OC(=O)N2CC(c3ccc(C(=O)[O-])nc3)C2)CC[C@]2(CO2)[C@H]1[C@@]1(C)O[C@@H]1CC=C(C)C.[Na+]. The van der Waals surface area contributed by atoms with Crippen LogP contribution in [-0.2, 0) is 18.9 Å². The Morgan fingerprint density at radius 1 is 1.31 bits per heavy atom. The van der Waals surface area contributed by atoms with E-state index in [4.69, 9.17) is 18.9 Å². The van der Waals surface area contributed by atoms with Crippen LogP contribution < -0.4 is 34.7 Å². The maximum Gasteiger partial charge on any atom is 1.00 e. The van der Waals surface area contributed by atoms with E-state index in [2.05, 4.69) is 31.8 Å². The molecule has 5 rings (SSSR count). The number of methoxy groups -OCH3 is 1. The van der Waals surface area contributed by atoms with Gasteiger partial charge in [0.15, 0.2) is 0 Å². The first kappa shape index (κ1) is 27.5. The standard InChI is InChI=1S/C26H34N2O7.Na/c1-15(2)5-8-20-25(3,35-20)22-21(32-4)19(9-10-26(22)14-33-26)34-24(31)28-12-17(13-28)16-6-7-18(23(29)30)27-11-16;/h5-7,11,17,19-22H,8-10,12-14H2,1-4H3,(H,29,30);/q;+1/p-1/t19-,20-,21-,22-,25+,26+;/m1./s1. The van der Waals surface area contributed by atoms with Gasteiger partial charge in [0.05, 0.1) is 30.3 Å². The van der Waals surface area contributed by atoms with E-state index < -0.39 is 5.97 Å². The molecule has 1 saturated carbocycles. The average molecular weight is 509 g/mol. The second-order valence-corrected chi connectivity index (χ2v) is 10.7. The van der Waals surface area contributed by atoms with Gasteiger partial charge in [-0.3, -0.25) is 4.98 Å². The maximum atomic E-state index is 12.9. The largest absolute Gasteiger partial charge is 1.00 e. The smallest absolute Gasteiger partial charge is 0.543 e. The summed E-state index contributed by atoms with van der Waals surface area (Å²) in [5.41, 5.74) is 1.42. The Morgan fingerprint density at radius 3 is 2.58 bits per heavy atom. The fourth-order valence-electron chi connectivity index (χ4n) is 5.88. The summed E-state index contributed by atoms with van der Waals surface area (Å²) < 4.78 is 24.1. The molecule has 1 spiro atoms. The Labute approximate surface area is 233 Å². The average Bonchev–Trinajstić information content (AvgIpc) is 3.70. The fraction of sp³-hybridized carbons (Fsp3) is 0.654. The number of carbonyl (C=O) groups excluding carboxylic acids is 2. The number of rotatable bonds is 7. The van der Waals surface area contributed by atoms with Gasteiger partial charge in [0.25, 0.3) is 0 Å². The number of ether oxygens (including phenoxy) is 4. The molecule has 1 amide bonds. The van der Waals surface area contributed by atoms with E-state index in [1.54, 1.807) is 18.1 Å². The third kappa shape index (κ3) is 5.11. The van der Waals surface area contributed by atoms with E-state index in [-0.39, 0.29) is 82.7 Å². The number of carboxylic acid groups (broad SMARTS) is 1. The molecule has 36 heavy (non-hydrogen) atoms. The molecule has 3 saturated heterocycles. The van der Waals surface area contributed by atoms with Gasteiger partial charge in [-0.25, -0.2) is 4.79 Å². The number of likely N-dealkylation sites (tertiary alicyclic amines) is 1. The Morgan fingerprint density at radius 2 is 2.03 bits per heavy atom. The molecule has 0 radical (unpaired) electrons. The molecule has 4 aliphatic rings. The molecule has 4 heterocycles.